The molecule has 118 valence electrons. The average Bonchev–Trinajstić information content (AvgIpc) is 3.18. The average molecular weight is 296 g/mol. The number of aliphatic carboxylic acids is 1. The Bertz CT molecular complexity index is 400. The third-order valence-electron chi connectivity index (χ3n) is 5.04. The van der Waals surface area contributed by atoms with E-state index >= 15 is 0 Å². The summed E-state index contributed by atoms with van der Waals surface area (Å²) in [6.45, 7) is 3.36. The number of rotatable bonds is 3. The van der Waals surface area contributed by atoms with Gasteiger partial charge in [0.05, 0.1) is 0 Å². The van der Waals surface area contributed by atoms with Gasteiger partial charge in [-0.1, -0.05) is 12.8 Å². The lowest BCUT2D eigenvalue weighted by Crippen LogP contribution is -2.53. The lowest BCUT2D eigenvalue weighted by atomic mass is 10.1. The van der Waals surface area contributed by atoms with Crippen molar-refractivity contribution in [3.63, 3.8) is 0 Å². The molecule has 1 amide bonds. The number of carboxylic acids is 1. The minimum Gasteiger partial charge on any atom is -0.479 e. The molecule has 3 rings (SSSR count). The first kappa shape index (κ1) is 14.8. The molecule has 0 radical (unpaired) electrons. The van der Waals surface area contributed by atoms with E-state index in [1.54, 1.807) is 0 Å². The van der Waals surface area contributed by atoms with Crippen molar-refractivity contribution in [1.82, 2.24) is 9.80 Å². The van der Waals surface area contributed by atoms with Crippen LogP contribution in [0.1, 0.15) is 38.5 Å². The van der Waals surface area contributed by atoms with Gasteiger partial charge in [0.15, 0.2) is 6.10 Å². The molecule has 6 heteroatoms. The SMILES string of the molecule is O=C(O)C1CCC(C(=O)N2CCN(C3CCCC3)CC2)O1. The van der Waals surface area contributed by atoms with Gasteiger partial charge in [-0.25, -0.2) is 4.79 Å². The maximum absolute atomic E-state index is 12.4. The second-order valence-corrected chi connectivity index (χ2v) is 6.33. The van der Waals surface area contributed by atoms with Crippen LogP contribution in [0.5, 0.6) is 0 Å². The highest BCUT2D eigenvalue weighted by Crippen LogP contribution is 2.26. The molecule has 2 heterocycles. The number of piperazine rings is 1. The van der Waals surface area contributed by atoms with Gasteiger partial charge in [-0.2, -0.15) is 0 Å². The van der Waals surface area contributed by atoms with Crippen molar-refractivity contribution in [2.45, 2.75) is 56.8 Å². The Hall–Kier alpha value is -1.14. The Balaban J connectivity index is 1.48. The lowest BCUT2D eigenvalue weighted by molar-refractivity contribution is -0.155. The maximum atomic E-state index is 12.4. The van der Waals surface area contributed by atoms with Crippen LogP contribution >= 0.6 is 0 Å². The van der Waals surface area contributed by atoms with Crippen molar-refractivity contribution < 1.29 is 19.4 Å². The van der Waals surface area contributed by atoms with Crippen LogP contribution in [0, 0.1) is 0 Å². The molecular weight excluding hydrogens is 272 g/mol. The number of carbonyl (C=O) groups is 2. The van der Waals surface area contributed by atoms with Crippen LogP contribution in [0.15, 0.2) is 0 Å². The maximum Gasteiger partial charge on any atom is 0.332 e. The number of carboxylic acid groups (broad SMARTS) is 1. The number of hydrogen-bond donors (Lipinski definition) is 1. The molecule has 0 aromatic rings. The van der Waals surface area contributed by atoms with Gasteiger partial charge < -0.3 is 14.7 Å². The summed E-state index contributed by atoms with van der Waals surface area (Å²) in [5.41, 5.74) is 0. The van der Waals surface area contributed by atoms with E-state index in [-0.39, 0.29) is 5.91 Å². The van der Waals surface area contributed by atoms with Crippen molar-refractivity contribution in [2.24, 2.45) is 0 Å². The highest BCUT2D eigenvalue weighted by molar-refractivity contribution is 5.82. The molecule has 0 bridgehead atoms. The van der Waals surface area contributed by atoms with Crippen LogP contribution < -0.4 is 0 Å². The molecule has 3 fully saturated rings. The number of hydrogen-bond acceptors (Lipinski definition) is 4. The summed E-state index contributed by atoms with van der Waals surface area (Å²) in [6.07, 6.45) is 4.85. The number of ether oxygens (including phenoxy) is 1. The second-order valence-electron chi connectivity index (χ2n) is 6.33. The standard InChI is InChI=1S/C15H24N2O4/c18-14(12-5-6-13(21-12)15(19)20)17-9-7-16(8-10-17)11-3-1-2-4-11/h11-13H,1-10H2,(H,19,20). The minimum absolute atomic E-state index is 0.0233. The van der Waals surface area contributed by atoms with E-state index in [1.807, 2.05) is 4.90 Å². The molecule has 0 aromatic heterocycles. The summed E-state index contributed by atoms with van der Waals surface area (Å²) >= 11 is 0. The number of amides is 1. The van der Waals surface area contributed by atoms with Gasteiger partial charge in [-0.3, -0.25) is 9.69 Å². The van der Waals surface area contributed by atoms with E-state index in [9.17, 15) is 9.59 Å². The molecule has 1 N–H and O–H groups in total. The molecule has 21 heavy (non-hydrogen) atoms. The van der Waals surface area contributed by atoms with Gasteiger partial charge in [0.1, 0.15) is 6.10 Å². The predicted molar refractivity (Wildman–Crippen MR) is 75.9 cm³/mol. The van der Waals surface area contributed by atoms with Crippen molar-refractivity contribution in [3.05, 3.63) is 0 Å². The molecule has 1 saturated carbocycles. The van der Waals surface area contributed by atoms with Gasteiger partial charge in [0.2, 0.25) is 0 Å². The first-order valence-corrected chi connectivity index (χ1v) is 8.06. The van der Waals surface area contributed by atoms with Crippen molar-refractivity contribution >= 4 is 11.9 Å². The fourth-order valence-corrected chi connectivity index (χ4v) is 3.78. The third-order valence-corrected chi connectivity index (χ3v) is 5.04. The zero-order chi connectivity index (χ0) is 14.8. The van der Waals surface area contributed by atoms with Crippen molar-refractivity contribution in [1.29, 1.82) is 0 Å². The second kappa shape index (κ2) is 6.32. The van der Waals surface area contributed by atoms with Crippen LogP contribution in [0.2, 0.25) is 0 Å². The van der Waals surface area contributed by atoms with Gasteiger partial charge in [0, 0.05) is 32.2 Å². The highest BCUT2D eigenvalue weighted by Gasteiger charge is 2.38. The summed E-state index contributed by atoms with van der Waals surface area (Å²) in [5.74, 6) is -0.985. The zero-order valence-electron chi connectivity index (χ0n) is 12.4. The summed E-state index contributed by atoms with van der Waals surface area (Å²) < 4.78 is 5.36. The molecule has 3 aliphatic rings. The molecular formula is C15H24N2O4. The Kier molecular flexibility index (Phi) is 4.45. The Labute approximate surface area is 125 Å². The van der Waals surface area contributed by atoms with E-state index < -0.39 is 18.2 Å². The van der Waals surface area contributed by atoms with Gasteiger partial charge in [0.25, 0.3) is 5.91 Å². The van der Waals surface area contributed by atoms with E-state index in [1.165, 1.54) is 25.7 Å². The zero-order valence-corrected chi connectivity index (χ0v) is 12.4. The van der Waals surface area contributed by atoms with Crippen LogP contribution in [0.3, 0.4) is 0 Å². The molecule has 2 aliphatic heterocycles. The first-order valence-electron chi connectivity index (χ1n) is 8.06. The first-order chi connectivity index (χ1) is 10.1. The van der Waals surface area contributed by atoms with Crippen LogP contribution in [0.4, 0.5) is 0 Å². The van der Waals surface area contributed by atoms with Gasteiger partial charge in [-0.05, 0) is 25.7 Å². The minimum atomic E-state index is -0.962. The van der Waals surface area contributed by atoms with Crippen LogP contribution in [-0.4, -0.2) is 71.2 Å². The smallest absolute Gasteiger partial charge is 0.332 e. The summed E-state index contributed by atoms with van der Waals surface area (Å²) in [7, 11) is 0. The molecule has 1 aliphatic carbocycles. The van der Waals surface area contributed by atoms with Gasteiger partial charge in [-0.15, -0.1) is 0 Å². The number of nitrogens with zero attached hydrogens (tertiary/aromatic N) is 2. The molecule has 0 spiro atoms. The van der Waals surface area contributed by atoms with E-state index in [4.69, 9.17) is 9.84 Å². The van der Waals surface area contributed by atoms with Crippen LogP contribution in [0.25, 0.3) is 0 Å². The molecule has 6 nitrogen and oxygen atoms in total. The Morgan fingerprint density at radius 1 is 0.905 bits per heavy atom. The third kappa shape index (κ3) is 3.21. The Morgan fingerprint density at radius 2 is 1.52 bits per heavy atom. The quantitative estimate of drug-likeness (QED) is 0.830. The predicted octanol–water partition coefficient (Wildman–Crippen LogP) is 0.705. The highest BCUT2D eigenvalue weighted by atomic mass is 16.5. The van der Waals surface area contributed by atoms with E-state index in [0.717, 1.165) is 26.2 Å². The summed E-state index contributed by atoms with van der Waals surface area (Å²) in [5, 5.41) is 8.92. The molecule has 2 saturated heterocycles. The van der Waals surface area contributed by atoms with Gasteiger partial charge >= 0.3 is 5.97 Å². The largest absolute Gasteiger partial charge is 0.479 e. The van der Waals surface area contributed by atoms with Crippen molar-refractivity contribution in [3.8, 4) is 0 Å². The molecule has 2 atom stereocenters. The topological polar surface area (TPSA) is 70.1 Å². The van der Waals surface area contributed by atoms with Crippen LogP contribution in [-0.2, 0) is 14.3 Å². The summed E-state index contributed by atoms with van der Waals surface area (Å²) in [6, 6.07) is 0.710. The Morgan fingerprint density at radius 3 is 2.10 bits per heavy atom. The number of carbonyl (C=O) groups excluding carboxylic acids is 1. The normalized spacial score (nSPS) is 31.7. The van der Waals surface area contributed by atoms with E-state index in [0.29, 0.717) is 18.9 Å². The fourth-order valence-electron chi connectivity index (χ4n) is 3.78. The van der Waals surface area contributed by atoms with Crippen molar-refractivity contribution in [2.75, 3.05) is 26.2 Å². The monoisotopic (exact) mass is 296 g/mol. The fraction of sp³-hybridized carbons (Fsp3) is 0.867. The lowest BCUT2D eigenvalue weighted by Gasteiger charge is -2.38. The summed E-state index contributed by atoms with van der Waals surface area (Å²) in [4.78, 5) is 27.6. The molecule has 0 aromatic carbocycles. The molecule has 2 unspecified atom stereocenters. The van der Waals surface area contributed by atoms with E-state index in [2.05, 4.69) is 4.90 Å².